The topological polar surface area (TPSA) is 62.4 Å². The summed E-state index contributed by atoms with van der Waals surface area (Å²) in [5, 5.41) is 0. The maximum atomic E-state index is 13.0. The number of hydrogen-bond acceptors (Lipinski definition) is 3. The monoisotopic (exact) mass is 374 g/mol. The summed E-state index contributed by atoms with van der Waals surface area (Å²) in [6, 6.07) is 19.0. The van der Waals surface area contributed by atoms with Crippen LogP contribution in [0.25, 0.3) is 11.3 Å². The second kappa shape index (κ2) is 7.72. The average molecular weight is 374 g/mol. The normalized spacial score (nSPS) is 13.1. The van der Waals surface area contributed by atoms with Gasteiger partial charge in [-0.25, -0.2) is 0 Å². The van der Waals surface area contributed by atoms with Gasteiger partial charge < -0.3 is 14.6 Å². The average Bonchev–Trinajstić information content (AvgIpc) is 2.73. The van der Waals surface area contributed by atoms with Gasteiger partial charge in [-0.05, 0) is 54.3 Å². The summed E-state index contributed by atoms with van der Waals surface area (Å²) in [4.78, 5) is 30.1. The quantitative estimate of drug-likeness (QED) is 0.758. The molecule has 1 aliphatic heterocycles. The van der Waals surface area contributed by atoms with E-state index in [4.69, 9.17) is 4.74 Å². The number of fused-ring (bicyclic) bond motifs is 1. The number of aromatic amines is 1. The lowest BCUT2D eigenvalue weighted by Gasteiger charge is -2.29. The van der Waals surface area contributed by atoms with E-state index >= 15 is 0 Å². The summed E-state index contributed by atoms with van der Waals surface area (Å²) in [5.41, 5.74) is 3.72. The molecule has 0 unspecified atom stereocenters. The third-order valence-corrected chi connectivity index (χ3v) is 5.01. The van der Waals surface area contributed by atoms with Crippen LogP contribution in [-0.4, -0.2) is 28.9 Å². The zero-order valence-corrected chi connectivity index (χ0v) is 15.8. The fourth-order valence-electron chi connectivity index (χ4n) is 3.56. The van der Waals surface area contributed by atoms with Gasteiger partial charge in [0, 0.05) is 18.8 Å². The molecule has 0 saturated heterocycles. The summed E-state index contributed by atoms with van der Waals surface area (Å²) in [5.74, 6) is 0.564. The molecule has 0 saturated carbocycles. The number of benzene rings is 2. The van der Waals surface area contributed by atoms with Crippen LogP contribution in [0.5, 0.6) is 5.75 Å². The Balaban J connectivity index is 1.57. The molecule has 4 rings (SSSR count). The number of carbonyl (C=O) groups is 1. The van der Waals surface area contributed by atoms with Gasteiger partial charge in [-0.15, -0.1) is 0 Å². The Morgan fingerprint density at radius 3 is 2.64 bits per heavy atom. The smallest absolute Gasteiger partial charge is 0.261 e. The first-order valence-electron chi connectivity index (χ1n) is 9.48. The summed E-state index contributed by atoms with van der Waals surface area (Å²) in [6.45, 7) is 3.62. The standard InChI is InChI=1S/C23H22N2O3/c1-2-28-19-9-8-16-12-13-25(15-18(16)14-19)23(27)20-10-11-21(24-22(20)26)17-6-4-3-5-7-17/h3-11,14H,2,12-13,15H2,1H3,(H,24,26). The van der Waals surface area contributed by atoms with Crippen molar-refractivity contribution >= 4 is 5.91 Å². The fourth-order valence-corrected chi connectivity index (χ4v) is 3.56. The fraction of sp³-hybridized carbons (Fsp3) is 0.217. The van der Waals surface area contributed by atoms with Gasteiger partial charge in [0.15, 0.2) is 0 Å². The molecule has 1 aromatic heterocycles. The molecule has 1 N–H and O–H groups in total. The summed E-state index contributed by atoms with van der Waals surface area (Å²) >= 11 is 0. The highest BCUT2D eigenvalue weighted by Crippen LogP contribution is 2.25. The van der Waals surface area contributed by atoms with E-state index in [1.54, 1.807) is 17.0 Å². The molecule has 2 aromatic carbocycles. The van der Waals surface area contributed by atoms with Crippen LogP contribution < -0.4 is 10.3 Å². The predicted octanol–water partition coefficient (Wildman–Crippen LogP) is 3.64. The third kappa shape index (κ3) is 3.56. The lowest BCUT2D eigenvalue weighted by Crippen LogP contribution is -2.38. The first kappa shape index (κ1) is 18.0. The van der Waals surface area contributed by atoms with Crippen molar-refractivity contribution in [2.24, 2.45) is 0 Å². The number of nitrogens with zero attached hydrogens (tertiary/aromatic N) is 1. The van der Waals surface area contributed by atoms with Gasteiger partial charge in [-0.3, -0.25) is 9.59 Å². The Morgan fingerprint density at radius 2 is 1.89 bits per heavy atom. The molecular formula is C23H22N2O3. The molecule has 0 atom stereocenters. The molecule has 28 heavy (non-hydrogen) atoms. The number of ether oxygens (including phenoxy) is 1. The predicted molar refractivity (Wildman–Crippen MR) is 109 cm³/mol. The summed E-state index contributed by atoms with van der Waals surface area (Å²) < 4.78 is 5.57. The molecule has 1 aliphatic rings. The van der Waals surface area contributed by atoms with Crippen molar-refractivity contribution in [1.82, 2.24) is 9.88 Å². The molecule has 0 radical (unpaired) electrons. The van der Waals surface area contributed by atoms with Crippen LogP contribution in [0.4, 0.5) is 0 Å². The third-order valence-electron chi connectivity index (χ3n) is 5.01. The maximum Gasteiger partial charge on any atom is 0.261 e. The molecular weight excluding hydrogens is 352 g/mol. The zero-order chi connectivity index (χ0) is 19.5. The molecule has 142 valence electrons. The molecule has 5 nitrogen and oxygen atoms in total. The number of pyridine rings is 1. The maximum absolute atomic E-state index is 13.0. The first-order valence-corrected chi connectivity index (χ1v) is 9.48. The molecule has 1 amide bonds. The van der Waals surface area contributed by atoms with Crippen LogP contribution >= 0.6 is 0 Å². The van der Waals surface area contributed by atoms with Crippen LogP contribution in [0.3, 0.4) is 0 Å². The molecule has 0 bridgehead atoms. The highest BCUT2D eigenvalue weighted by atomic mass is 16.5. The van der Waals surface area contributed by atoms with E-state index in [1.807, 2.05) is 49.4 Å². The minimum absolute atomic E-state index is 0.170. The molecule has 5 heteroatoms. The second-order valence-corrected chi connectivity index (χ2v) is 6.82. The van der Waals surface area contributed by atoms with Gasteiger partial charge in [0.1, 0.15) is 11.3 Å². The van der Waals surface area contributed by atoms with Crippen molar-refractivity contribution in [1.29, 1.82) is 0 Å². The molecule has 2 heterocycles. The number of hydrogen-bond donors (Lipinski definition) is 1. The number of carbonyl (C=O) groups excluding carboxylic acids is 1. The molecule has 0 spiro atoms. The lowest BCUT2D eigenvalue weighted by atomic mass is 9.99. The zero-order valence-electron chi connectivity index (χ0n) is 15.8. The molecule has 0 fully saturated rings. The number of H-pyrrole nitrogens is 1. The Bertz CT molecular complexity index is 1060. The summed E-state index contributed by atoms with van der Waals surface area (Å²) in [7, 11) is 0. The highest BCUT2D eigenvalue weighted by molar-refractivity contribution is 5.94. The van der Waals surface area contributed by atoms with Crippen molar-refractivity contribution in [3.8, 4) is 17.0 Å². The van der Waals surface area contributed by atoms with Crippen LogP contribution in [0.15, 0.2) is 65.5 Å². The van der Waals surface area contributed by atoms with E-state index in [2.05, 4.69) is 11.1 Å². The van der Waals surface area contributed by atoms with E-state index in [0.717, 1.165) is 23.3 Å². The van der Waals surface area contributed by atoms with Crippen LogP contribution in [0, 0.1) is 0 Å². The first-order chi connectivity index (χ1) is 13.7. The highest BCUT2D eigenvalue weighted by Gasteiger charge is 2.24. The van der Waals surface area contributed by atoms with E-state index in [0.29, 0.717) is 25.4 Å². The van der Waals surface area contributed by atoms with Crippen LogP contribution in [-0.2, 0) is 13.0 Å². The van der Waals surface area contributed by atoms with Gasteiger partial charge >= 0.3 is 0 Å². The van der Waals surface area contributed by atoms with Crippen LogP contribution in [0.1, 0.15) is 28.4 Å². The minimum Gasteiger partial charge on any atom is -0.494 e. The van der Waals surface area contributed by atoms with Crippen LogP contribution in [0.2, 0.25) is 0 Å². The largest absolute Gasteiger partial charge is 0.494 e. The van der Waals surface area contributed by atoms with E-state index in [1.165, 1.54) is 5.56 Å². The SMILES string of the molecule is CCOc1ccc2c(c1)CN(C(=O)c1ccc(-c3ccccc3)[nH]c1=O)CC2. The number of amides is 1. The van der Waals surface area contributed by atoms with Crippen molar-refractivity contribution in [3.63, 3.8) is 0 Å². The Morgan fingerprint density at radius 1 is 1.07 bits per heavy atom. The van der Waals surface area contributed by atoms with E-state index in [-0.39, 0.29) is 17.0 Å². The number of rotatable bonds is 4. The number of aromatic nitrogens is 1. The summed E-state index contributed by atoms with van der Waals surface area (Å²) in [6.07, 6.45) is 0.771. The second-order valence-electron chi connectivity index (χ2n) is 6.82. The Kier molecular flexibility index (Phi) is 4.98. The van der Waals surface area contributed by atoms with Gasteiger partial charge in [-0.2, -0.15) is 0 Å². The van der Waals surface area contributed by atoms with Gasteiger partial charge in [0.2, 0.25) is 0 Å². The van der Waals surface area contributed by atoms with Gasteiger partial charge in [-0.1, -0.05) is 36.4 Å². The molecule has 3 aromatic rings. The van der Waals surface area contributed by atoms with Crippen molar-refractivity contribution < 1.29 is 9.53 Å². The Hall–Kier alpha value is -3.34. The van der Waals surface area contributed by atoms with Crippen molar-refractivity contribution in [2.75, 3.05) is 13.2 Å². The van der Waals surface area contributed by atoms with Gasteiger partial charge in [0.05, 0.1) is 6.61 Å². The Labute approximate surface area is 163 Å². The van der Waals surface area contributed by atoms with Crippen molar-refractivity contribution in [2.45, 2.75) is 19.9 Å². The van der Waals surface area contributed by atoms with E-state index < -0.39 is 0 Å². The van der Waals surface area contributed by atoms with E-state index in [9.17, 15) is 9.59 Å². The minimum atomic E-state index is -0.361. The molecule has 0 aliphatic carbocycles. The lowest BCUT2D eigenvalue weighted by molar-refractivity contribution is 0.0732. The van der Waals surface area contributed by atoms with Crippen molar-refractivity contribution in [3.05, 3.63) is 87.7 Å². The van der Waals surface area contributed by atoms with Gasteiger partial charge in [0.25, 0.3) is 11.5 Å². The number of nitrogens with one attached hydrogen (secondary N) is 1.